The van der Waals surface area contributed by atoms with Crippen molar-refractivity contribution in [2.75, 3.05) is 5.32 Å². The average Bonchev–Trinajstić information content (AvgIpc) is 3.43. The van der Waals surface area contributed by atoms with Crippen LogP contribution in [0.5, 0.6) is 0 Å². The molecule has 0 spiro atoms. The number of H-pyrrole nitrogens is 1. The first-order chi connectivity index (χ1) is 14.2. The van der Waals surface area contributed by atoms with Crippen molar-refractivity contribution in [3.63, 3.8) is 0 Å². The number of furan rings is 1. The van der Waals surface area contributed by atoms with Crippen molar-refractivity contribution in [2.45, 2.75) is 20.0 Å². The number of hydrogen-bond donors (Lipinski definition) is 2. The lowest BCUT2D eigenvalue weighted by Crippen LogP contribution is -2.13. The second-order valence-electron chi connectivity index (χ2n) is 6.44. The summed E-state index contributed by atoms with van der Waals surface area (Å²) in [5.74, 6) is -0.626. The van der Waals surface area contributed by atoms with E-state index in [0.29, 0.717) is 22.8 Å². The molecule has 4 aromatic rings. The number of nitrogens with one attached hydrogen (secondary N) is 2. The van der Waals surface area contributed by atoms with Gasteiger partial charge in [-0.15, -0.1) is 0 Å². The Morgan fingerprint density at radius 1 is 1.17 bits per heavy atom. The number of aromatic amines is 1. The minimum absolute atomic E-state index is 0.184. The Kier molecular flexibility index (Phi) is 4.65. The van der Waals surface area contributed by atoms with Crippen molar-refractivity contribution < 1.29 is 26.9 Å². The molecule has 0 fully saturated rings. The number of halogens is 3. The highest BCUT2D eigenvalue weighted by Crippen LogP contribution is 2.30. The molecule has 0 atom stereocenters. The molecule has 0 aliphatic carbocycles. The van der Waals surface area contributed by atoms with Gasteiger partial charge in [0.25, 0.3) is 5.91 Å². The molecule has 3 aromatic heterocycles. The standard InChI is InChI=1S/C19H14F3N5O3/c1-9-6-7-13(29-9)14-10(2)15(26-25-14)23-17(28)12-5-3-4-11(8-12)16-24-18(30-27-16)19(20,21)22/h3-8H,1-2H3,(H2,23,25,26,28). The third-order valence-corrected chi connectivity index (χ3v) is 4.28. The fourth-order valence-electron chi connectivity index (χ4n) is 2.76. The van der Waals surface area contributed by atoms with Crippen LogP contribution in [0.1, 0.15) is 27.6 Å². The van der Waals surface area contributed by atoms with Gasteiger partial charge in [0.1, 0.15) is 11.5 Å². The lowest BCUT2D eigenvalue weighted by molar-refractivity contribution is -0.159. The van der Waals surface area contributed by atoms with Crippen molar-refractivity contribution in [3.05, 3.63) is 59.2 Å². The first-order valence-electron chi connectivity index (χ1n) is 8.67. The van der Waals surface area contributed by atoms with Crippen LogP contribution in [-0.2, 0) is 6.18 Å². The zero-order valence-electron chi connectivity index (χ0n) is 15.7. The van der Waals surface area contributed by atoms with Crippen LogP contribution in [0.2, 0.25) is 0 Å². The molecule has 3 heterocycles. The van der Waals surface area contributed by atoms with Crippen molar-refractivity contribution in [2.24, 2.45) is 0 Å². The number of carbonyl (C=O) groups excluding carboxylic acids is 1. The van der Waals surface area contributed by atoms with E-state index in [9.17, 15) is 18.0 Å². The van der Waals surface area contributed by atoms with Crippen LogP contribution in [-0.4, -0.2) is 26.2 Å². The SMILES string of the molecule is Cc1ccc(-c2[nH]nc(NC(=O)c3cccc(-c4noc(C(F)(F)F)n4)c3)c2C)o1. The second-order valence-corrected chi connectivity index (χ2v) is 6.44. The Balaban J connectivity index is 1.56. The summed E-state index contributed by atoms with van der Waals surface area (Å²) >= 11 is 0. The number of aromatic nitrogens is 4. The molecule has 0 radical (unpaired) electrons. The molecule has 0 unspecified atom stereocenters. The summed E-state index contributed by atoms with van der Waals surface area (Å²) in [6, 6.07) is 9.43. The van der Waals surface area contributed by atoms with Gasteiger partial charge in [0.2, 0.25) is 5.82 Å². The molecule has 0 saturated heterocycles. The van der Waals surface area contributed by atoms with Crippen LogP contribution in [0.4, 0.5) is 19.0 Å². The van der Waals surface area contributed by atoms with E-state index in [0.717, 1.165) is 5.76 Å². The van der Waals surface area contributed by atoms with Crippen LogP contribution in [0.15, 0.2) is 45.3 Å². The summed E-state index contributed by atoms with van der Waals surface area (Å²) in [6.45, 7) is 3.58. The maximum absolute atomic E-state index is 12.7. The van der Waals surface area contributed by atoms with E-state index < -0.39 is 18.0 Å². The Morgan fingerprint density at radius 2 is 1.97 bits per heavy atom. The number of hydrogen-bond acceptors (Lipinski definition) is 6. The van der Waals surface area contributed by atoms with Gasteiger partial charge in [-0.25, -0.2) is 0 Å². The highest BCUT2D eigenvalue weighted by molar-refractivity contribution is 6.05. The maximum Gasteiger partial charge on any atom is 0.471 e. The highest BCUT2D eigenvalue weighted by atomic mass is 19.4. The molecule has 0 aliphatic rings. The fourth-order valence-corrected chi connectivity index (χ4v) is 2.76. The van der Waals surface area contributed by atoms with Crippen molar-refractivity contribution in [3.8, 4) is 22.8 Å². The van der Waals surface area contributed by atoms with E-state index >= 15 is 0 Å². The first kappa shape index (κ1) is 19.4. The summed E-state index contributed by atoms with van der Waals surface area (Å²) in [5, 5.41) is 12.9. The lowest BCUT2D eigenvalue weighted by atomic mass is 10.1. The van der Waals surface area contributed by atoms with Gasteiger partial charge in [-0.3, -0.25) is 9.89 Å². The molecule has 0 aliphatic heterocycles. The molecular formula is C19H14F3N5O3. The largest absolute Gasteiger partial charge is 0.471 e. The molecule has 1 aromatic carbocycles. The summed E-state index contributed by atoms with van der Waals surface area (Å²) < 4.78 is 47.7. The average molecular weight is 417 g/mol. The predicted molar refractivity (Wildman–Crippen MR) is 98.5 cm³/mol. The number of aryl methyl sites for hydroxylation is 1. The van der Waals surface area contributed by atoms with E-state index in [2.05, 4.69) is 30.2 Å². The van der Waals surface area contributed by atoms with Crippen LogP contribution in [0.3, 0.4) is 0 Å². The Bertz CT molecular complexity index is 1220. The van der Waals surface area contributed by atoms with Crippen LogP contribution in [0, 0.1) is 13.8 Å². The summed E-state index contributed by atoms with van der Waals surface area (Å²) in [5.41, 5.74) is 1.68. The number of nitrogens with zero attached hydrogens (tertiary/aromatic N) is 3. The molecule has 0 saturated carbocycles. The summed E-state index contributed by atoms with van der Waals surface area (Å²) in [6.07, 6.45) is -4.75. The molecule has 154 valence electrons. The van der Waals surface area contributed by atoms with Gasteiger partial charge in [-0.2, -0.15) is 23.3 Å². The second kappa shape index (κ2) is 7.17. The van der Waals surface area contributed by atoms with E-state index in [-0.39, 0.29) is 17.0 Å². The minimum atomic E-state index is -4.75. The Morgan fingerprint density at radius 3 is 2.63 bits per heavy atom. The zero-order valence-corrected chi connectivity index (χ0v) is 15.7. The van der Waals surface area contributed by atoms with Gasteiger partial charge in [-0.1, -0.05) is 17.3 Å². The first-order valence-corrected chi connectivity index (χ1v) is 8.67. The summed E-state index contributed by atoms with van der Waals surface area (Å²) in [7, 11) is 0. The molecule has 0 bridgehead atoms. The van der Waals surface area contributed by atoms with E-state index in [1.807, 2.05) is 13.0 Å². The van der Waals surface area contributed by atoms with Crippen LogP contribution < -0.4 is 5.32 Å². The van der Waals surface area contributed by atoms with Gasteiger partial charge >= 0.3 is 12.1 Å². The lowest BCUT2D eigenvalue weighted by Gasteiger charge is -2.04. The number of alkyl halides is 3. The fraction of sp³-hybridized carbons (Fsp3) is 0.158. The number of rotatable bonds is 4. The number of anilines is 1. The monoisotopic (exact) mass is 417 g/mol. The smallest absolute Gasteiger partial charge is 0.460 e. The normalized spacial score (nSPS) is 11.6. The van der Waals surface area contributed by atoms with Gasteiger partial charge < -0.3 is 14.3 Å². The van der Waals surface area contributed by atoms with Gasteiger partial charge in [-0.05, 0) is 38.1 Å². The van der Waals surface area contributed by atoms with Crippen molar-refractivity contribution in [1.82, 2.24) is 20.3 Å². The number of amides is 1. The third kappa shape index (κ3) is 3.69. The Labute approximate surface area is 167 Å². The number of carbonyl (C=O) groups is 1. The number of benzene rings is 1. The molecule has 30 heavy (non-hydrogen) atoms. The third-order valence-electron chi connectivity index (χ3n) is 4.28. The summed E-state index contributed by atoms with van der Waals surface area (Å²) in [4.78, 5) is 16.0. The molecule has 1 amide bonds. The quantitative estimate of drug-likeness (QED) is 0.502. The minimum Gasteiger partial charge on any atom is -0.460 e. The maximum atomic E-state index is 12.7. The molecule has 11 heteroatoms. The van der Waals surface area contributed by atoms with Crippen LogP contribution in [0.25, 0.3) is 22.8 Å². The van der Waals surface area contributed by atoms with Gasteiger partial charge in [0, 0.05) is 16.7 Å². The molecule has 2 N–H and O–H groups in total. The van der Waals surface area contributed by atoms with Gasteiger partial charge in [0.15, 0.2) is 11.6 Å². The van der Waals surface area contributed by atoms with Crippen LogP contribution >= 0.6 is 0 Å². The van der Waals surface area contributed by atoms with Crippen molar-refractivity contribution in [1.29, 1.82) is 0 Å². The predicted octanol–water partition coefficient (Wildman–Crippen LogP) is 4.61. The molecular weight excluding hydrogens is 403 g/mol. The van der Waals surface area contributed by atoms with Gasteiger partial charge in [0.05, 0.1) is 0 Å². The molecule has 4 rings (SSSR count). The topological polar surface area (TPSA) is 110 Å². The zero-order chi connectivity index (χ0) is 21.5. The highest BCUT2D eigenvalue weighted by Gasteiger charge is 2.38. The van der Waals surface area contributed by atoms with E-state index in [1.165, 1.54) is 24.3 Å². The van der Waals surface area contributed by atoms with E-state index in [4.69, 9.17) is 4.42 Å². The van der Waals surface area contributed by atoms with E-state index in [1.54, 1.807) is 13.0 Å². The van der Waals surface area contributed by atoms with Crippen molar-refractivity contribution >= 4 is 11.7 Å². The molecule has 8 nitrogen and oxygen atoms in total. The Hall–Kier alpha value is -3.89.